The smallest absolute Gasteiger partial charge is 0.283 e. The van der Waals surface area contributed by atoms with Gasteiger partial charge in [-0.15, -0.1) is 0 Å². The molecule has 0 saturated heterocycles. The van der Waals surface area contributed by atoms with Gasteiger partial charge in [-0.2, -0.15) is 8.42 Å². The first-order chi connectivity index (χ1) is 11.3. The van der Waals surface area contributed by atoms with Gasteiger partial charge < -0.3 is 0 Å². The number of imidazole rings is 1. The van der Waals surface area contributed by atoms with E-state index in [4.69, 9.17) is 11.6 Å². The second kappa shape index (κ2) is 6.15. The minimum absolute atomic E-state index is 0.280. The summed E-state index contributed by atoms with van der Waals surface area (Å²) in [7, 11) is -4.37. The summed E-state index contributed by atoms with van der Waals surface area (Å²) in [5.74, 6) is -1.94. The molecule has 0 unspecified atom stereocenters. The van der Waals surface area contributed by atoms with Crippen LogP contribution in [0.5, 0.6) is 0 Å². The molecule has 0 aliphatic carbocycles. The number of carbonyl (C=O) groups is 1. The number of fused-ring (bicyclic) bond motifs is 1. The van der Waals surface area contributed by atoms with Crippen molar-refractivity contribution in [3.05, 3.63) is 63.6 Å². The van der Waals surface area contributed by atoms with Gasteiger partial charge in [-0.25, -0.2) is 14.1 Å². The monoisotopic (exact) mass is 431 g/mol. The normalized spacial score (nSPS) is 11.6. The fourth-order valence-corrected chi connectivity index (χ4v) is 4.02. The molecule has 0 radical (unpaired) electrons. The zero-order chi connectivity index (χ0) is 17.5. The average molecular weight is 433 g/mol. The lowest BCUT2D eigenvalue weighted by atomic mass is 10.2. The molecule has 2 heterocycles. The quantitative estimate of drug-likeness (QED) is 0.690. The van der Waals surface area contributed by atoms with Crippen LogP contribution in [0.15, 0.2) is 52.1 Å². The maximum absolute atomic E-state index is 13.6. The molecular weight excluding hydrogens is 425 g/mol. The van der Waals surface area contributed by atoms with Crippen LogP contribution >= 0.6 is 27.5 Å². The molecule has 1 N–H and O–H groups in total. The highest BCUT2D eigenvalue weighted by Gasteiger charge is 2.27. The van der Waals surface area contributed by atoms with E-state index in [0.29, 0.717) is 4.47 Å². The van der Waals surface area contributed by atoms with Crippen molar-refractivity contribution in [3.8, 4) is 0 Å². The lowest BCUT2D eigenvalue weighted by molar-refractivity contribution is 0.0977. The van der Waals surface area contributed by atoms with Crippen LogP contribution < -0.4 is 4.72 Å². The average Bonchev–Trinajstić information content (AvgIpc) is 2.83. The summed E-state index contributed by atoms with van der Waals surface area (Å²) in [6, 6.07) is 8.25. The molecule has 0 aliphatic rings. The summed E-state index contributed by atoms with van der Waals surface area (Å²) in [6.45, 7) is 0. The van der Waals surface area contributed by atoms with Gasteiger partial charge >= 0.3 is 0 Å². The number of hydrogen-bond acceptors (Lipinski definition) is 4. The van der Waals surface area contributed by atoms with E-state index in [2.05, 4.69) is 20.9 Å². The highest BCUT2D eigenvalue weighted by Crippen LogP contribution is 2.24. The van der Waals surface area contributed by atoms with Crippen LogP contribution in [0.3, 0.4) is 0 Å². The summed E-state index contributed by atoms with van der Waals surface area (Å²) < 4.78 is 42.3. The molecular formula is C14H8BrClFN3O3S. The largest absolute Gasteiger partial charge is 0.287 e. The summed E-state index contributed by atoms with van der Waals surface area (Å²) in [5.41, 5.74) is -0.117. The first kappa shape index (κ1) is 16.9. The molecule has 3 aromatic rings. The minimum atomic E-state index is -4.37. The number of halogens is 3. The number of hydrogen-bond donors (Lipinski definition) is 1. The summed E-state index contributed by atoms with van der Waals surface area (Å²) in [5, 5.41) is -0.716. The lowest BCUT2D eigenvalue weighted by Gasteiger charge is -2.08. The highest BCUT2D eigenvalue weighted by molar-refractivity contribution is 9.10. The van der Waals surface area contributed by atoms with Gasteiger partial charge in [0.25, 0.3) is 15.9 Å². The van der Waals surface area contributed by atoms with Gasteiger partial charge in [0.05, 0.1) is 5.56 Å². The number of sulfonamides is 1. The number of carbonyl (C=O) groups excluding carboxylic acids is 1. The summed E-state index contributed by atoms with van der Waals surface area (Å²) in [6.07, 6.45) is 1.44. The zero-order valence-electron chi connectivity index (χ0n) is 11.7. The van der Waals surface area contributed by atoms with Crippen molar-refractivity contribution in [2.45, 2.75) is 5.03 Å². The van der Waals surface area contributed by atoms with Crippen molar-refractivity contribution < 1.29 is 17.6 Å². The van der Waals surface area contributed by atoms with Crippen molar-refractivity contribution in [2.75, 3.05) is 0 Å². The molecule has 124 valence electrons. The van der Waals surface area contributed by atoms with Gasteiger partial charge in [-0.1, -0.05) is 23.7 Å². The SMILES string of the molecule is O=C(NS(=O)(=O)c1c(Cl)nc2ccc(Br)cn12)c1ccccc1F. The first-order valence-corrected chi connectivity index (χ1v) is 9.10. The Morgan fingerprint density at radius 1 is 1.25 bits per heavy atom. The van der Waals surface area contributed by atoms with E-state index in [1.54, 1.807) is 16.9 Å². The van der Waals surface area contributed by atoms with E-state index in [1.165, 1.54) is 28.8 Å². The van der Waals surface area contributed by atoms with E-state index in [-0.39, 0.29) is 10.8 Å². The van der Waals surface area contributed by atoms with E-state index >= 15 is 0 Å². The number of amides is 1. The van der Waals surface area contributed by atoms with Crippen LogP contribution in [0.25, 0.3) is 5.65 Å². The summed E-state index contributed by atoms with van der Waals surface area (Å²) >= 11 is 9.13. The van der Waals surface area contributed by atoms with Gasteiger partial charge in [0.1, 0.15) is 11.5 Å². The molecule has 1 amide bonds. The third-order valence-electron chi connectivity index (χ3n) is 3.10. The fraction of sp³-hybridized carbons (Fsp3) is 0. The Labute approximate surface area is 149 Å². The van der Waals surface area contributed by atoms with Gasteiger partial charge in [-0.3, -0.25) is 9.20 Å². The van der Waals surface area contributed by atoms with Crippen LogP contribution in [-0.4, -0.2) is 23.7 Å². The number of nitrogens with zero attached hydrogens (tertiary/aromatic N) is 2. The highest BCUT2D eigenvalue weighted by atomic mass is 79.9. The molecule has 0 spiro atoms. The predicted molar refractivity (Wildman–Crippen MR) is 89.0 cm³/mol. The number of nitrogens with one attached hydrogen (secondary N) is 1. The predicted octanol–water partition coefficient (Wildman–Crippen LogP) is 3.01. The third-order valence-corrected chi connectivity index (χ3v) is 5.30. The van der Waals surface area contributed by atoms with Gasteiger partial charge in [0.2, 0.25) is 0 Å². The maximum Gasteiger partial charge on any atom is 0.283 e. The molecule has 0 aliphatic heterocycles. The van der Waals surface area contributed by atoms with E-state index < -0.39 is 32.3 Å². The van der Waals surface area contributed by atoms with Gasteiger partial charge in [0, 0.05) is 10.7 Å². The molecule has 0 saturated carbocycles. The number of aromatic nitrogens is 2. The summed E-state index contributed by atoms with van der Waals surface area (Å²) in [4.78, 5) is 16.0. The molecule has 0 bridgehead atoms. The topological polar surface area (TPSA) is 80.5 Å². The Bertz CT molecular complexity index is 1070. The zero-order valence-corrected chi connectivity index (χ0v) is 14.9. The molecule has 3 rings (SSSR count). The Morgan fingerprint density at radius 2 is 1.96 bits per heavy atom. The van der Waals surface area contributed by atoms with Crippen molar-refractivity contribution in [1.29, 1.82) is 0 Å². The lowest BCUT2D eigenvalue weighted by Crippen LogP contribution is -2.32. The number of benzene rings is 1. The minimum Gasteiger partial charge on any atom is -0.287 e. The van der Waals surface area contributed by atoms with Crippen molar-refractivity contribution >= 4 is 49.1 Å². The Morgan fingerprint density at radius 3 is 2.67 bits per heavy atom. The number of rotatable bonds is 3. The van der Waals surface area contributed by atoms with Crippen molar-refractivity contribution in [1.82, 2.24) is 14.1 Å². The third kappa shape index (κ3) is 3.02. The van der Waals surface area contributed by atoms with Crippen LogP contribution in [0.2, 0.25) is 5.15 Å². The molecule has 24 heavy (non-hydrogen) atoms. The van der Waals surface area contributed by atoms with Gasteiger partial charge in [-0.05, 0) is 40.2 Å². The Kier molecular flexibility index (Phi) is 4.33. The molecule has 0 fully saturated rings. The Balaban J connectivity index is 2.06. The van der Waals surface area contributed by atoms with Crippen LogP contribution in [0, 0.1) is 5.82 Å². The molecule has 2 aromatic heterocycles. The standard InChI is InChI=1S/C14H8BrClFN3O3S/c15-8-5-6-11-18-12(16)14(20(11)7-8)24(22,23)19-13(21)9-3-1-2-4-10(9)17/h1-7H,(H,19,21). The van der Waals surface area contributed by atoms with Crippen LogP contribution in [-0.2, 0) is 10.0 Å². The second-order valence-corrected chi connectivity index (χ2v) is 7.57. The second-order valence-electron chi connectivity index (χ2n) is 4.70. The first-order valence-electron chi connectivity index (χ1n) is 6.44. The van der Waals surface area contributed by atoms with Crippen molar-refractivity contribution in [3.63, 3.8) is 0 Å². The van der Waals surface area contributed by atoms with Crippen LogP contribution in [0.4, 0.5) is 4.39 Å². The number of pyridine rings is 1. The maximum atomic E-state index is 13.6. The molecule has 10 heteroatoms. The Hall–Kier alpha value is -1.97. The molecule has 0 atom stereocenters. The van der Waals surface area contributed by atoms with E-state index in [1.807, 2.05) is 0 Å². The molecule has 1 aromatic carbocycles. The van der Waals surface area contributed by atoms with E-state index in [9.17, 15) is 17.6 Å². The molecule has 6 nitrogen and oxygen atoms in total. The fourth-order valence-electron chi connectivity index (χ4n) is 2.08. The van der Waals surface area contributed by atoms with Crippen molar-refractivity contribution in [2.24, 2.45) is 0 Å². The van der Waals surface area contributed by atoms with Crippen LogP contribution in [0.1, 0.15) is 10.4 Å². The van der Waals surface area contributed by atoms with E-state index in [0.717, 1.165) is 6.07 Å². The van der Waals surface area contributed by atoms with Gasteiger partial charge in [0.15, 0.2) is 10.2 Å².